The number of benzene rings is 1. The highest BCUT2D eigenvalue weighted by molar-refractivity contribution is 6.50. The summed E-state index contributed by atoms with van der Waals surface area (Å²) in [5, 5.41) is 7.76. The van der Waals surface area contributed by atoms with Crippen LogP contribution >= 0.6 is 0 Å². The summed E-state index contributed by atoms with van der Waals surface area (Å²) in [6.07, 6.45) is 1.80. The van der Waals surface area contributed by atoms with E-state index in [2.05, 4.69) is 4.99 Å². The molecule has 0 heterocycles. The predicted octanol–water partition coefficient (Wildman–Crippen LogP) is 2.76. The maximum absolute atomic E-state index is 11.8. The third kappa shape index (κ3) is 2.96. The molecule has 0 radical (unpaired) electrons. The van der Waals surface area contributed by atoms with Gasteiger partial charge in [0, 0.05) is 31.9 Å². The molecule has 0 saturated heterocycles. The SMILES string of the molecule is CC1=CC(=O)C(=Nc2ccc(N(C)C)cc2)CC1=N. The van der Waals surface area contributed by atoms with Crippen LogP contribution in [-0.2, 0) is 4.79 Å². The minimum Gasteiger partial charge on any atom is -0.378 e. The largest absolute Gasteiger partial charge is 0.378 e. The van der Waals surface area contributed by atoms with Gasteiger partial charge in [-0.2, -0.15) is 0 Å². The Kier molecular flexibility index (Phi) is 3.60. The van der Waals surface area contributed by atoms with Crippen LogP contribution in [0.5, 0.6) is 0 Å². The normalized spacial score (nSPS) is 17.6. The molecule has 1 aromatic carbocycles. The van der Waals surface area contributed by atoms with Crippen molar-refractivity contribution >= 4 is 28.6 Å². The number of allylic oxidation sites excluding steroid dienone is 2. The number of hydrogen-bond donors (Lipinski definition) is 1. The Bertz CT molecular complexity index is 580. The molecule has 2 rings (SSSR count). The molecular weight excluding hydrogens is 238 g/mol. The van der Waals surface area contributed by atoms with Gasteiger partial charge in [0.15, 0.2) is 0 Å². The molecule has 0 atom stereocenters. The number of anilines is 1. The molecule has 0 spiro atoms. The minimum atomic E-state index is -0.0924. The summed E-state index contributed by atoms with van der Waals surface area (Å²) in [6.45, 7) is 1.78. The maximum Gasteiger partial charge on any atom is 0.200 e. The van der Waals surface area contributed by atoms with Crippen molar-refractivity contribution in [2.45, 2.75) is 13.3 Å². The van der Waals surface area contributed by atoms with Crippen LogP contribution in [-0.4, -0.2) is 31.3 Å². The van der Waals surface area contributed by atoms with Gasteiger partial charge < -0.3 is 10.3 Å². The predicted molar refractivity (Wildman–Crippen MR) is 79.0 cm³/mol. The van der Waals surface area contributed by atoms with E-state index in [9.17, 15) is 4.79 Å². The summed E-state index contributed by atoms with van der Waals surface area (Å²) in [5.41, 5.74) is 3.46. The summed E-state index contributed by atoms with van der Waals surface area (Å²) in [5.74, 6) is -0.0924. The van der Waals surface area contributed by atoms with Crippen molar-refractivity contribution in [3.63, 3.8) is 0 Å². The van der Waals surface area contributed by atoms with E-state index in [4.69, 9.17) is 5.41 Å². The third-order valence-corrected chi connectivity index (χ3v) is 3.08. The average molecular weight is 255 g/mol. The van der Waals surface area contributed by atoms with E-state index >= 15 is 0 Å². The Morgan fingerprint density at radius 3 is 2.42 bits per heavy atom. The Hall–Kier alpha value is -2.23. The standard InChI is InChI=1S/C15H17N3O/c1-10-8-15(19)14(9-13(10)16)17-11-4-6-12(7-5-11)18(2)3/h4-8,16H,9H2,1-3H3. The van der Waals surface area contributed by atoms with E-state index in [-0.39, 0.29) is 5.78 Å². The van der Waals surface area contributed by atoms with Crippen molar-refractivity contribution in [3.05, 3.63) is 35.9 Å². The van der Waals surface area contributed by atoms with Crippen molar-refractivity contribution in [1.29, 1.82) is 5.41 Å². The molecule has 0 unspecified atom stereocenters. The van der Waals surface area contributed by atoms with Crippen molar-refractivity contribution in [2.24, 2.45) is 4.99 Å². The first kappa shape index (κ1) is 13.2. The average Bonchev–Trinajstić information content (AvgIpc) is 2.36. The molecule has 0 bridgehead atoms. The first-order chi connectivity index (χ1) is 8.97. The fourth-order valence-electron chi connectivity index (χ4n) is 1.84. The Morgan fingerprint density at radius 2 is 1.84 bits per heavy atom. The van der Waals surface area contributed by atoms with Gasteiger partial charge in [-0.3, -0.25) is 4.79 Å². The zero-order chi connectivity index (χ0) is 14.0. The molecule has 19 heavy (non-hydrogen) atoms. The van der Waals surface area contributed by atoms with Crippen LogP contribution in [0.25, 0.3) is 0 Å². The van der Waals surface area contributed by atoms with Gasteiger partial charge in [-0.1, -0.05) is 0 Å². The molecule has 1 aliphatic carbocycles. The summed E-state index contributed by atoms with van der Waals surface area (Å²) < 4.78 is 0. The number of carbonyl (C=O) groups is 1. The third-order valence-electron chi connectivity index (χ3n) is 3.08. The van der Waals surface area contributed by atoms with Gasteiger partial charge >= 0.3 is 0 Å². The van der Waals surface area contributed by atoms with Gasteiger partial charge in [0.25, 0.3) is 0 Å². The zero-order valence-corrected chi connectivity index (χ0v) is 11.4. The van der Waals surface area contributed by atoms with Gasteiger partial charge in [-0.15, -0.1) is 0 Å². The van der Waals surface area contributed by atoms with Crippen molar-refractivity contribution in [3.8, 4) is 0 Å². The highest BCUT2D eigenvalue weighted by Gasteiger charge is 2.19. The smallest absolute Gasteiger partial charge is 0.200 e. The second-order valence-electron chi connectivity index (χ2n) is 4.82. The van der Waals surface area contributed by atoms with Gasteiger partial charge in [0.2, 0.25) is 5.78 Å². The van der Waals surface area contributed by atoms with E-state index in [0.717, 1.165) is 16.9 Å². The van der Waals surface area contributed by atoms with Crippen LogP contribution in [0.3, 0.4) is 0 Å². The minimum absolute atomic E-state index is 0.0924. The molecule has 0 fully saturated rings. The molecule has 1 aliphatic rings. The lowest BCUT2D eigenvalue weighted by Gasteiger charge is -2.13. The van der Waals surface area contributed by atoms with Gasteiger partial charge in [0.05, 0.1) is 11.4 Å². The number of ketones is 1. The highest BCUT2D eigenvalue weighted by Crippen LogP contribution is 2.20. The van der Waals surface area contributed by atoms with Crippen LogP contribution < -0.4 is 4.90 Å². The topological polar surface area (TPSA) is 56.5 Å². The van der Waals surface area contributed by atoms with E-state index in [1.165, 1.54) is 6.08 Å². The molecule has 0 saturated carbocycles. The van der Waals surface area contributed by atoms with E-state index in [0.29, 0.717) is 17.8 Å². The van der Waals surface area contributed by atoms with Crippen LogP contribution in [0.15, 0.2) is 40.9 Å². The van der Waals surface area contributed by atoms with E-state index in [1.54, 1.807) is 6.92 Å². The first-order valence-electron chi connectivity index (χ1n) is 6.13. The molecule has 0 aliphatic heterocycles. The Balaban J connectivity index is 2.27. The van der Waals surface area contributed by atoms with Crippen LogP contribution in [0.1, 0.15) is 13.3 Å². The van der Waals surface area contributed by atoms with Gasteiger partial charge in [-0.05, 0) is 42.8 Å². The van der Waals surface area contributed by atoms with Crippen molar-refractivity contribution in [2.75, 3.05) is 19.0 Å². The fraction of sp³-hybridized carbons (Fsp3) is 0.267. The van der Waals surface area contributed by atoms with E-state index in [1.807, 2.05) is 43.3 Å². The molecule has 4 nitrogen and oxygen atoms in total. The Labute approximate surface area is 113 Å². The van der Waals surface area contributed by atoms with Crippen LogP contribution in [0.4, 0.5) is 11.4 Å². The van der Waals surface area contributed by atoms with Crippen molar-refractivity contribution in [1.82, 2.24) is 0 Å². The second kappa shape index (κ2) is 5.18. The summed E-state index contributed by atoms with van der Waals surface area (Å²) in [7, 11) is 3.95. The molecule has 98 valence electrons. The van der Waals surface area contributed by atoms with Gasteiger partial charge in [0.1, 0.15) is 0 Å². The molecular formula is C15H17N3O. The summed E-state index contributed by atoms with van der Waals surface area (Å²) in [6, 6.07) is 7.67. The molecule has 0 amide bonds. The van der Waals surface area contributed by atoms with Gasteiger partial charge in [-0.25, -0.2) is 4.99 Å². The second-order valence-corrected chi connectivity index (χ2v) is 4.82. The number of rotatable bonds is 2. The number of nitrogens with one attached hydrogen (secondary N) is 1. The lowest BCUT2D eigenvalue weighted by atomic mass is 9.96. The Morgan fingerprint density at radius 1 is 1.21 bits per heavy atom. The zero-order valence-electron chi connectivity index (χ0n) is 11.4. The lowest BCUT2D eigenvalue weighted by molar-refractivity contribution is -0.109. The number of aliphatic imine (C=N–C) groups is 1. The number of carbonyl (C=O) groups excluding carboxylic acids is 1. The summed E-state index contributed by atoms with van der Waals surface area (Å²) >= 11 is 0. The molecule has 1 aromatic rings. The maximum atomic E-state index is 11.8. The van der Waals surface area contributed by atoms with Crippen LogP contribution in [0, 0.1) is 5.41 Å². The monoisotopic (exact) mass is 255 g/mol. The summed E-state index contributed by atoms with van der Waals surface area (Å²) in [4.78, 5) is 18.2. The fourth-order valence-corrected chi connectivity index (χ4v) is 1.84. The van der Waals surface area contributed by atoms with Crippen LogP contribution in [0.2, 0.25) is 0 Å². The molecule has 0 aromatic heterocycles. The van der Waals surface area contributed by atoms with Crippen molar-refractivity contribution < 1.29 is 4.79 Å². The highest BCUT2D eigenvalue weighted by atomic mass is 16.1. The first-order valence-corrected chi connectivity index (χ1v) is 6.13. The quantitative estimate of drug-likeness (QED) is 0.883. The molecule has 4 heteroatoms. The van der Waals surface area contributed by atoms with E-state index < -0.39 is 0 Å². The molecule has 1 N–H and O–H groups in total. The number of hydrogen-bond acceptors (Lipinski definition) is 4. The lowest BCUT2D eigenvalue weighted by Crippen LogP contribution is -2.22. The number of nitrogens with zero attached hydrogens (tertiary/aromatic N) is 2.